The molecule has 0 unspecified atom stereocenters. The lowest BCUT2D eigenvalue weighted by Gasteiger charge is -2.29. The normalized spacial score (nSPS) is 17.6. The van der Waals surface area contributed by atoms with E-state index in [0.717, 1.165) is 29.5 Å². The molecule has 142 valence electrons. The monoisotopic (exact) mass is 368 g/mol. The number of carbonyl (C=O) groups is 1. The van der Waals surface area contributed by atoms with E-state index < -0.39 is 5.63 Å². The smallest absolute Gasteiger partial charge is 0.336 e. The molecule has 0 saturated carbocycles. The fourth-order valence-corrected chi connectivity index (χ4v) is 3.48. The highest BCUT2D eigenvalue weighted by atomic mass is 16.5. The zero-order chi connectivity index (χ0) is 19.6. The SMILES string of the molecule is CC1=C/C(=N/NC(=O)COc2ccc3c(C)cc(=O)oc3c2)CC(C)(C)C1. The second kappa shape index (κ2) is 7.39. The van der Waals surface area contributed by atoms with Gasteiger partial charge in [0.25, 0.3) is 5.91 Å². The zero-order valence-electron chi connectivity index (χ0n) is 16.1. The molecule has 1 amide bonds. The van der Waals surface area contributed by atoms with Gasteiger partial charge >= 0.3 is 5.63 Å². The summed E-state index contributed by atoms with van der Waals surface area (Å²) in [7, 11) is 0. The molecule has 1 aliphatic rings. The highest BCUT2D eigenvalue weighted by molar-refractivity contribution is 5.97. The first kappa shape index (κ1) is 18.9. The minimum Gasteiger partial charge on any atom is -0.484 e. The first-order chi connectivity index (χ1) is 12.7. The van der Waals surface area contributed by atoms with Crippen LogP contribution in [0.25, 0.3) is 11.0 Å². The third-order valence-electron chi connectivity index (χ3n) is 4.45. The number of carbonyl (C=O) groups excluding carboxylic acids is 1. The average Bonchev–Trinajstić information content (AvgIpc) is 2.56. The van der Waals surface area contributed by atoms with Gasteiger partial charge in [-0.05, 0) is 55.9 Å². The first-order valence-corrected chi connectivity index (χ1v) is 8.92. The zero-order valence-corrected chi connectivity index (χ0v) is 16.1. The Balaban J connectivity index is 1.62. The number of fused-ring (bicyclic) bond motifs is 1. The summed E-state index contributed by atoms with van der Waals surface area (Å²) in [5, 5.41) is 5.05. The molecule has 6 nitrogen and oxygen atoms in total. The maximum Gasteiger partial charge on any atom is 0.336 e. The highest BCUT2D eigenvalue weighted by Gasteiger charge is 2.24. The van der Waals surface area contributed by atoms with Crippen LogP contribution in [-0.4, -0.2) is 18.2 Å². The largest absolute Gasteiger partial charge is 0.484 e. The van der Waals surface area contributed by atoms with Crippen molar-refractivity contribution in [3.8, 4) is 5.75 Å². The second-order valence-electron chi connectivity index (χ2n) is 7.84. The fraction of sp³-hybridized carbons (Fsp3) is 0.381. The molecule has 2 aromatic rings. The molecule has 0 fully saturated rings. The first-order valence-electron chi connectivity index (χ1n) is 8.92. The molecule has 0 spiro atoms. The van der Waals surface area contributed by atoms with Crippen LogP contribution in [0.1, 0.15) is 39.2 Å². The van der Waals surface area contributed by atoms with E-state index >= 15 is 0 Å². The summed E-state index contributed by atoms with van der Waals surface area (Å²) in [5.74, 6) is 0.108. The Hall–Kier alpha value is -2.89. The molecule has 1 N–H and O–H groups in total. The van der Waals surface area contributed by atoms with Gasteiger partial charge in [0.2, 0.25) is 0 Å². The van der Waals surface area contributed by atoms with Crippen molar-refractivity contribution in [3.63, 3.8) is 0 Å². The van der Waals surface area contributed by atoms with E-state index in [0.29, 0.717) is 11.3 Å². The molecule has 0 aliphatic heterocycles. The molecule has 0 atom stereocenters. The predicted octanol–water partition coefficient (Wildman–Crippen LogP) is 3.72. The van der Waals surface area contributed by atoms with Crippen LogP contribution in [0, 0.1) is 12.3 Å². The maximum atomic E-state index is 12.0. The van der Waals surface area contributed by atoms with Crippen molar-refractivity contribution in [3.05, 3.63) is 51.9 Å². The number of benzene rings is 1. The molecule has 3 rings (SSSR count). The van der Waals surface area contributed by atoms with Gasteiger partial charge in [-0.2, -0.15) is 5.10 Å². The van der Waals surface area contributed by atoms with Gasteiger partial charge in [0, 0.05) is 17.5 Å². The minimum atomic E-state index is -0.413. The van der Waals surface area contributed by atoms with E-state index in [9.17, 15) is 9.59 Å². The van der Waals surface area contributed by atoms with Crippen molar-refractivity contribution in [1.82, 2.24) is 5.43 Å². The molecular weight excluding hydrogens is 344 g/mol. The van der Waals surface area contributed by atoms with Crippen LogP contribution < -0.4 is 15.8 Å². The van der Waals surface area contributed by atoms with Crippen molar-refractivity contribution in [2.24, 2.45) is 10.5 Å². The molecule has 0 saturated heterocycles. The van der Waals surface area contributed by atoms with Crippen molar-refractivity contribution < 1.29 is 13.9 Å². The van der Waals surface area contributed by atoms with Crippen molar-refractivity contribution >= 4 is 22.6 Å². The molecule has 1 aliphatic carbocycles. The van der Waals surface area contributed by atoms with Gasteiger partial charge in [0.05, 0.1) is 5.71 Å². The Morgan fingerprint density at radius 2 is 2.04 bits per heavy atom. The maximum absolute atomic E-state index is 12.0. The Bertz CT molecular complexity index is 999. The van der Waals surface area contributed by atoms with Crippen LogP contribution in [0.3, 0.4) is 0 Å². The summed E-state index contributed by atoms with van der Waals surface area (Å²) in [6.07, 6.45) is 3.86. The van der Waals surface area contributed by atoms with Gasteiger partial charge in [-0.25, -0.2) is 10.2 Å². The van der Waals surface area contributed by atoms with Gasteiger partial charge in [0.15, 0.2) is 6.61 Å². The van der Waals surface area contributed by atoms with Crippen LogP contribution >= 0.6 is 0 Å². The van der Waals surface area contributed by atoms with E-state index in [-0.39, 0.29) is 17.9 Å². The topological polar surface area (TPSA) is 80.9 Å². The van der Waals surface area contributed by atoms with Crippen LogP contribution in [0.4, 0.5) is 0 Å². The van der Waals surface area contributed by atoms with Gasteiger partial charge in [-0.15, -0.1) is 0 Å². The highest BCUT2D eigenvalue weighted by Crippen LogP contribution is 2.33. The number of hydrazone groups is 1. The molecule has 1 heterocycles. The van der Waals surface area contributed by atoms with Crippen LogP contribution in [0.15, 0.2) is 50.2 Å². The van der Waals surface area contributed by atoms with Crippen LogP contribution in [0.2, 0.25) is 0 Å². The Morgan fingerprint density at radius 1 is 1.26 bits per heavy atom. The Kier molecular flexibility index (Phi) is 5.17. The van der Waals surface area contributed by atoms with E-state index in [1.807, 2.05) is 13.0 Å². The Morgan fingerprint density at radius 3 is 2.78 bits per heavy atom. The standard InChI is InChI=1S/C21H24N2O4/c1-13-7-15(11-21(3,4)10-13)22-23-19(24)12-26-16-5-6-17-14(2)8-20(25)27-18(17)9-16/h5-9H,10-12H2,1-4H3,(H,23,24)/b22-15-. The molecule has 0 radical (unpaired) electrons. The minimum absolute atomic E-state index is 0.145. The number of hydrogen-bond acceptors (Lipinski definition) is 5. The molecular formula is C21H24N2O4. The number of nitrogens with zero attached hydrogens (tertiary/aromatic N) is 1. The lowest BCUT2D eigenvalue weighted by Crippen LogP contribution is -2.28. The number of amides is 1. The van der Waals surface area contributed by atoms with Crippen LogP contribution in [0.5, 0.6) is 5.75 Å². The van der Waals surface area contributed by atoms with Gasteiger partial charge < -0.3 is 9.15 Å². The third kappa shape index (κ3) is 4.84. The number of rotatable bonds is 4. The quantitative estimate of drug-likeness (QED) is 0.659. The molecule has 0 bridgehead atoms. The van der Waals surface area contributed by atoms with E-state index in [1.165, 1.54) is 11.6 Å². The van der Waals surface area contributed by atoms with Crippen molar-refractivity contribution in [2.45, 2.75) is 40.5 Å². The van der Waals surface area contributed by atoms with Gasteiger partial charge in [-0.1, -0.05) is 19.4 Å². The summed E-state index contributed by atoms with van der Waals surface area (Å²) in [4.78, 5) is 23.5. The summed E-state index contributed by atoms with van der Waals surface area (Å²) in [5.41, 5.74) is 5.66. The summed E-state index contributed by atoms with van der Waals surface area (Å²) >= 11 is 0. The van der Waals surface area contributed by atoms with E-state index in [1.54, 1.807) is 18.2 Å². The van der Waals surface area contributed by atoms with Crippen molar-refractivity contribution in [1.29, 1.82) is 0 Å². The molecule has 6 heteroatoms. The average molecular weight is 368 g/mol. The lowest BCUT2D eigenvalue weighted by molar-refractivity contribution is -0.123. The van der Waals surface area contributed by atoms with Gasteiger partial charge in [0.1, 0.15) is 11.3 Å². The number of hydrogen-bond donors (Lipinski definition) is 1. The summed E-state index contributed by atoms with van der Waals surface area (Å²) in [6, 6.07) is 6.60. The Labute approximate surface area is 157 Å². The van der Waals surface area contributed by atoms with E-state index in [2.05, 4.69) is 31.3 Å². The van der Waals surface area contributed by atoms with Gasteiger partial charge in [-0.3, -0.25) is 4.79 Å². The second-order valence-corrected chi connectivity index (χ2v) is 7.84. The summed E-state index contributed by atoms with van der Waals surface area (Å²) in [6.45, 7) is 8.11. The third-order valence-corrected chi connectivity index (χ3v) is 4.45. The number of ether oxygens (including phenoxy) is 1. The number of nitrogens with one attached hydrogen (secondary N) is 1. The molecule has 27 heavy (non-hydrogen) atoms. The van der Waals surface area contributed by atoms with Crippen LogP contribution in [-0.2, 0) is 4.79 Å². The number of aryl methyl sites for hydroxylation is 1. The summed E-state index contributed by atoms with van der Waals surface area (Å²) < 4.78 is 10.7. The molecule has 1 aromatic heterocycles. The number of allylic oxidation sites excluding steroid dienone is 2. The molecule has 1 aromatic carbocycles. The van der Waals surface area contributed by atoms with Crippen molar-refractivity contribution in [2.75, 3.05) is 6.61 Å². The lowest BCUT2D eigenvalue weighted by atomic mass is 9.77. The predicted molar refractivity (Wildman–Crippen MR) is 105 cm³/mol. The fourth-order valence-electron chi connectivity index (χ4n) is 3.48. The van der Waals surface area contributed by atoms with E-state index in [4.69, 9.17) is 9.15 Å².